The van der Waals surface area contributed by atoms with Gasteiger partial charge in [0.15, 0.2) is 6.10 Å². The third-order valence-electron chi connectivity index (χ3n) is 3.91. The van der Waals surface area contributed by atoms with E-state index in [0.717, 1.165) is 0 Å². The summed E-state index contributed by atoms with van der Waals surface area (Å²) in [4.78, 5) is 35.1. The second-order valence-electron chi connectivity index (χ2n) is 5.85. The first kappa shape index (κ1) is 20.1. The van der Waals surface area contributed by atoms with E-state index in [1.165, 1.54) is 25.6 Å². The molecule has 0 aliphatic heterocycles. The highest BCUT2D eigenvalue weighted by Crippen LogP contribution is 2.34. The molecule has 3 N–H and O–H groups in total. The molecular weight excluding hydrogens is 360 g/mol. The number of rotatable bonds is 5. The van der Waals surface area contributed by atoms with Crippen LogP contribution in [0.25, 0.3) is 0 Å². The zero-order valence-electron chi connectivity index (χ0n) is 14.7. The molecule has 1 fully saturated rings. The van der Waals surface area contributed by atoms with Gasteiger partial charge in [0.05, 0.1) is 11.3 Å². The van der Waals surface area contributed by atoms with Crippen molar-refractivity contribution < 1.29 is 29.0 Å². The first-order valence-corrected chi connectivity index (χ1v) is 9.30. The average molecular weight is 382 g/mol. The molecule has 1 saturated carbocycles. The van der Waals surface area contributed by atoms with Crippen molar-refractivity contribution in [3.63, 3.8) is 0 Å². The highest BCUT2D eigenvalue weighted by atomic mass is 32.2. The van der Waals surface area contributed by atoms with Gasteiger partial charge < -0.3 is 19.9 Å². The van der Waals surface area contributed by atoms with Crippen molar-refractivity contribution in [3.8, 4) is 0 Å². The van der Waals surface area contributed by atoms with Gasteiger partial charge in [0.2, 0.25) is 5.91 Å². The van der Waals surface area contributed by atoms with E-state index < -0.39 is 41.7 Å². The number of aliphatic hydroxyl groups excluding tert-OH is 1. The monoisotopic (exact) mass is 382 g/mol. The van der Waals surface area contributed by atoms with Gasteiger partial charge in [0.25, 0.3) is 0 Å². The number of amides is 2. The number of carbonyl (C=O) groups is 3. The zero-order valence-corrected chi connectivity index (χ0v) is 15.5. The predicted octanol–water partition coefficient (Wildman–Crippen LogP) is 1.15. The molecule has 142 valence electrons. The molecule has 2 amide bonds. The summed E-state index contributed by atoms with van der Waals surface area (Å²) in [5.41, 5.74) is 0.527. The van der Waals surface area contributed by atoms with Gasteiger partial charge in [-0.3, -0.25) is 14.9 Å². The van der Waals surface area contributed by atoms with Crippen LogP contribution in [0.3, 0.4) is 0 Å². The maximum atomic E-state index is 12.2. The first-order chi connectivity index (χ1) is 12.3. The minimum atomic E-state index is -1.27. The van der Waals surface area contributed by atoms with Crippen LogP contribution in [0.15, 0.2) is 30.3 Å². The number of aliphatic hydroxyl groups is 1. The van der Waals surface area contributed by atoms with Crippen LogP contribution in [0.1, 0.15) is 13.8 Å². The molecule has 0 radical (unpaired) electrons. The van der Waals surface area contributed by atoms with Crippen molar-refractivity contribution in [2.75, 3.05) is 11.6 Å². The summed E-state index contributed by atoms with van der Waals surface area (Å²) in [5, 5.41) is 15.3. The number of anilines is 1. The molecule has 9 heteroatoms. The highest BCUT2D eigenvalue weighted by Gasteiger charge is 2.54. The minimum absolute atomic E-state index is 0.346. The molecular formula is C17H22N2O6S. The van der Waals surface area contributed by atoms with E-state index in [1.807, 2.05) is 0 Å². The second kappa shape index (κ2) is 8.91. The van der Waals surface area contributed by atoms with Crippen LogP contribution >= 0.6 is 11.8 Å². The summed E-state index contributed by atoms with van der Waals surface area (Å²) < 4.78 is 10.6. The number of nitrogens with one attached hydrogen (secondary N) is 2. The van der Waals surface area contributed by atoms with E-state index >= 15 is 0 Å². The van der Waals surface area contributed by atoms with Gasteiger partial charge in [-0.1, -0.05) is 18.2 Å². The summed E-state index contributed by atoms with van der Waals surface area (Å²) in [6, 6.07) is 7.97. The lowest BCUT2D eigenvalue weighted by molar-refractivity contribution is -0.151. The molecule has 1 aromatic rings. The molecule has 0 unspecified atom stereocenters. The minimum Gasteiger partial charge on any atom is -0.458 e. The van der Waals surface area contributed by atoms with Crippen molar-refractivity contribution >= 4 is 35.4 Å². The Balaban J connectivity index is 2.17. The molecule has 0 saturated heterocycles. The van der Waals surface area contributed by atoms with Crippen molar-refractivity contribution in [3.05, 3.63) is 30.3 Å². The van der Waals surface area contributed by atoms with Crippen molar-refractivity contribution in [2.24, 2.45) is 0 Å². The Morgan fingerprint density at radius 3 is 2.27 bits per heavy atom. The Labute approximate surface area is 155 Å². The van der Waals surface area contributed by atoms with Crippen LogP contribution in [-0.4, -0.2) is 58.9 Å². The van der Waals surface area contributed by atoms with E-state index in [4.69, 9.17) is 9.47 Å². The largest absolute Gasteiger partial charge is 0.458 e. The Bertz CT molecular complexity index is 656. The van der Waals surface area contributed by atoms with Gasteiger partial charge in [0.1, 0.15) is 12.2 Å². The number of ether oxygens (including phenoxy) is 2. The van der Waals surface area contributed by atoms with Crippen LogP contribution in [-0.2, 0) is 19.1 Å². The molecule has 2 rings (SSSR count). The van der Waals surface area contributed by atoms with Gasteiger partial charge in [0, 0.05) is 19.5 Å². The topological polar surface area (TPSA) is 114 Å². The third-order valence-corrected chi connectivity index (χ3v) is 5.02. The molecule has 1 aliphatic rings. The van der Waals surface area contributed by atoms with Gasteiger partial charge in [-0.2, -0.15) is 11.8 Å². The van der Waals surface area contributed by atoms with Crippen LogP contribution in [0.2, 0.25) is 0 Å². The lowest BCUT2D eigenvalue weighted by atomic mass is 10.2. The van der Waals surface area contributed by atoms with Crippen molar-refractivity contribution in [1.82, 2.24) is 5.32 Å². The fraction of sp³-hybridized carbons (Fsp3) is 0.471. The SMILES string of the molecule is CS[C@@H]1[C@@H](NC(C)=O)[C@@H](OC(=O)Nc2ccccc2)[C@@H](O)[C@H]1OC(C)=O. The molecule has 0 aromatic heterocycles. The normalized spacial score (nSPS) is 27.5. The summed E-state index contributed by atoms with van der Waals surface area (Å²) >= 11 is 1.31. The standard InChI is InChI=1S/C17H22N2O6S/c1-9(20)18-12-14(13(22)15(16(12)26-3)24-10(2)21)25-17(23)19-11-7-5-4-6-8-11/h4-8,12-16,22H,1-3H3,(H,18,20)(H,19,23)/t12-,13+,14+,15+,16+/m0/s1. The maximum Gasteiger partial charge on any atom is 0.412 e. The van der Waals surface area contributed by atoms with E-state index in [2.05, 4.69) is 10.6 Å². The number of para-hydroxylation sites is 1. The Hall–Kier alpha value is -2.26. The number of benzene rings is 1. The molecule has 0 bridgehead atoms. The average Bonchev–Trinajstić information content (AvgIpc) is 2.79. The van der Waals surface area contributed by atoms with Crippen LogP contribution < -0.4 is 10.6 Å². The summed E-state index contributed by atoms with van der Waals surface area (Å²) in [5.74, 6) is -0.911. The summed E-state index contributed by atoms with van der Waals surface area (Å²) in [6.07, 6.45) is -2.26. The van der Waals surface area contributed by atoms with E-state index in [-0.39, 0.29) is 5.91 Å². The van der Waals surface area contributed by atoms with Crippen LogP contribution in [0.4, 0.5) is 10.5 Å². The Kier molecular flexibility index (Phi) is 6.87. The number of hydrogen-bond donors (Lipinski definition) is 3. The third kappa shape index (κ3) is 4.89. The van der Waals surface area contributed by atoms with Crippen molar-refractivity contribution in [2.45, 2.75) is 43.5 Å². The van der Waals surface area contributed by atoms with E-state index in [1.54, 1.807) is 36.6 Å². The fourth-order valence-corrected chi connectivity index (χ4v) is 3.93. The smallest absolute Gasteiger partial charge is 0.412 e. The Morgan fingerprint density at radius 1 is 1.08 bits per heavy atom. The lowest BCUT2D eigenvalue weighted by Crippen LogP contribution is -2.48. The fourth-order valence-electron chi connectivity index (χ4n) is 2.93. The molecule has 0 heterocycles. The molecule has 1 aliphatic carbocycles. The maximum absolute atomic E-state index is 12.2. The highest BCUT2D eigenvalue weighted by molar-refractivity contribution is 7.99. The number of hydrogen-bond acceptors (Lipinski definition) is 7. The molecule has 1 aromatic carbocycles. The Morgan fingerprint density at radius 2 is 1.73 bits per heavy atom. The second-order valence-corrected chi connectivity index (χ2v) is 6.87. The summed E-state index contributed by atoms with van der Waals surface area (Å²) in [6.45, 7) is 2.55. The van der Waals surface area contributed by atoms with E-state index in [9.17, 15) is 19.5 Å². The molecule has 8 nitrogen and oxygen atoms in total. The first-order valence-electron chi connectivity index (χ1n) is 8.01. The van der Waals surface area contributed by atoms with Gasteiger partial charge in [-0.05, 0) is 18.4 Å². The van der Waals surface area contributed by atoms with Gasteiger partial charge in [-0.25, -0.2) is 4.79 Å². The van der Waals surface area contributed by atoms with E-state index in [0.29, 0.717) is 5.69 Å². The lowest BCUT2D eigenvalue weighted by Gasteiger charge is -2.25. The van der Waals surface area contributed by atoms with Gasteiger partial charge in [-0.15, -0.1) is 0 Å². The summed E-state index contributed by atoms with van der Waals surface area (Å²) in [7, 11) is 0. The molecule has 5 atom stereocenters. The van der Waals surface area contributed by atoms with Crippen molar-refractivity contribution in [1.29, 1.82) is 0 Å². The number of thioether (sulfide) groups is 1. The number of carbonyl (C=O) groups excluding carboxylic acids is 3. The van der Waals surface area contributed by atoms with Gasteiger partial charge >= 0.3 is 12.1 Å². The quantitative estimate of drug-likeness (QED) is 0.655. The van der Waals surface area contributed by atoms with Crippen LogP contribution in [0.5, 0.6) is 0 Å². The predicted molar refractivity (Wildman–Crippen MR) is 96.8 cm³/mol. The zero-order chi connectivity index (χ0) is 19.3. The molecule has 0 spiro atoms. The number of esters is 1. The van der Waals surface area contributed by atoms with Crippen LogP contribution in [0, 0.1) is 0 Å². The molecule has 26 heavy (non-hydrogen) atoms.